The molecule has 0 unspecified atom stereocenters. The van der Waals surface area contributed by atoms with Gasteiger partial charge in [0.15, 0.2) is 76.4 Å². The number of hydrogen-bond acceptors (Lipinski definition) is 1. The van der Waals surface area contributed by atoms with Gasteiger partial charge in [0, 0.05) is 6.07 Å². The van der Waals surface area contributed by atoms with E-state index < -0.39 is 144 Å². The summed E-state index contributed by atoms with van der Waals surface area (Å²) in [5.74, 6) is -71.4. The van der Waals surface area contributed by atoms with Crippen LogP contribution in [0.5, 0.6) is 0 Å². The first-order valence-corrected chi connectivity index (χ1v) is 14.8. The minimum atomic E-state index is -7.22. The van der Waals surface area contributed by atoms with Gasteiger partial charge in [0.05, 0.1) is 0 Å². The standard InChI is InChI=1S/C24BF20.C10H10NO/c26-5-1(6(27)14(35)21(42)13(5)34)25(2-7(28)15(36)22(43)16(37)8(2)29,3-9(30)17(38)23(44)18(39)10(3)31)4-11(32)19(40)24(45)20(41)12(4)33;1-2-7-11-8-12-10-6-4-3-5-9(10)11/h;2-6,8H,1,7H2/q-1;+1. The first-order chi connectivity index (χ1) is 26.6. The number of para-hydroxylation sites is 2. The van der Waals surface area contributed by atoms with Gasteiger partial charge in [-0.05, 0) is 12.1 Å². The Bertz CT molecular complexity index is 2260. The molecule has 0 saturated carbocycles. The number of rotatable bonds is 6. The molecule has 0 fully saturated rings. The minimum absolute atomic E-state index is 0.789. The minimum Gasteiger partial charge on any atom is -0.404 e. The highest BCUT2D eigenvalue weighted by Crippen LogP contribution is 2.30. The Morgan fingerprint density at radius 1 is 0.404 bits per heavy atom. The van der Waals surface area contributed by atoms with Crippen LogP contribution in [0.4, 0.5) is 87.8 Å². The van der Waals surface area contributed by atoms with Crippen molar-refractivity contribution < 1.29 is 96.8 Å². The highest BCUT2D eigenvalue weighted by molar-refractivity contribution is 7.20. The zero-order valence-electron chi connectivity index (χ0n) is 26.9. The molecule has 6 rings (SSSR count). The fourth-order valence-electron chi connectivity index (χ4n) is 6.13. The van der Waals surface area contributed by atoms with Crippen molar-refractivity contribution in [2.75, 3.05) is 0 Å². The highest BCUT2D eigenvalue weighted by atomic mass is 19.2. The van der Waals surface area contributed by atoms with E-state index in [4.69, 9.17) is 4.42 Å². The van der Waals surface area contributed by atoms with E-state index in [1.54, 1.807) is 6.39 Å². The first-order valence-electron chi connectivity index (χ1n) is 14.8. The average Bonchev–Trinajstić information content (AvgIpc) is 3.60. The van der Waals surface area contributed by atoms with Crippen LogP contribution < -0.4 is 26.4 Å². The highest BCUT2D eigenvalue weighted by Gasteiger charge is 2.52. The van der Waals surface area contributed by atoms with Crippen LogP contribution in [0.2, 0.25) is 0 Å². The van der Waals surface area contributed by atoms with Gasteiger partial charge in [0.1, 0.15) is 52.7 Å². The van der Waals surface area contributed by atoms with Crippen LogP contribution >= 0.6 is 0 Å². The Kier molecular flexibility index (Phi) is 11.2. The van der Waals surface area contributed by atoms with Crippen LogP contribution in [0.3, 0.4) is 0 Å². The first kappa shape index (κ1) is 42.1. The van der Waals surface area contributed by atoms with E-state index in [2.05, 4.69) is 6.58 Å². The SMILES string of the molecule is C=CC[n+]1coc2ccccc21.Fc1c(F)c(F)c([B-](c2c(F)c(F)c(F)c(F)c2F)(c2c(F)c(F)c(F)c(F)c2F)c2c(F)c(F)c(F)c(F)c2F)c(F)c1F. The molecule has 0 atom stereocenters. The average molecular weight is 839 g/mol. The van der Waals surface area contributed by atoms with E-state index in [0.717, 1.165) is 17.6 Å². The van der Waals surface area contributed by atoms with Crippen LogP contribution in [-0.2, 0) is 6.54 Å². The van der Waals surface area contributed by atoms with Crippen molar-refractivity contribution in [1.29, 1.82) is 0 Å². The van der Waals surface area contributed by atoms with Gasteiger partial charge in [0.2, 0.25) is 5.58 Å². The van der Waals surface area contributed by atoms with E-state index >= 15 is 35.1 Å². The lowest BCUT2D eigenvalue weighted by Crippen LogP contribution is -2.81. The number of benzene rings is 5. The fraction of sp³-hybridized carbons (Fsp3) is 0.0294. The summed E-state index contributed by atoms with van der Waals surface area (Å²) in [7, 11) is 0. The predicted octanol–water partition coefficient (Wildman–Crippen LogP) is 7.75. The van der Waals surface area contributed by atoms with Gasteiger partial charge in [-0.1, -0.05) is 18.7 Å². The Labute approximate surface area is 302 Å². The van der Waals surface area contributed by atoms with Crippen molar-refractivity contribution in [2.45, 2.75) is 6.54 Å². The summed E-state index contributed by atoms with van der Waals surface area (Å²) in [5, 5.41) is 0. The smallest absolute Gasteiger partial charge is 0.335 e. The fourth-order valence-corrected chi connectivity index (χ4v) is 6.13. The summed E-state index contributed by atoms with van der Waals surface area (Å²) in [6.45, 7) is 4.47. The Morgan fingerprint density at radius 2 is 0.649 bits per heavy atom. The molecule has 0 saturated heterocycles. The molecular formula is C34H10BF20NO. The van der Waals surface area contributed by atoms with Gasteiger partial charge in [0.25, 0.3) is 5.52 Å². The van der Waals surface area contributed by atoms with Crippen molar-refractivity contribution >= 4 is 39.1 Å². The van der Waals surface area contributed by atoms with Gasteiger partial charge in [-0.15, -0.1) is 21.9 Å². The van der Waals surface area contributed by atoms with E-state index in [1.165, 1.54) is 0 Å². The largest absolute Gasteiger partial charge is 0.404 e. The van der Waals surface area contributed by atoms with Crippen molar-refractivity contribution in [3.05, 3.63) is 160 Å². The lowest BCUT2D eigenvalue weighted by atomic mass is 9.12. The molecule has 5 aromatic carbocycles. The van der Waals surface area contributed by atoms with E-state index in [-0.39, 0.29) is 0 Å². The van der Waals surface area contributed by atoms with Gasteiger partial charge >= 0.3 is 6.39 Å². The number of aromatic nitrogens is 1. The molecule has 2 nitrogen and oxygen atoms in total. The molecule has 0 amide bonds. The van der Waals surface area contributed by atoms with Crippen molar-refractivity contribution in [1.82, 2.24) is 0 Å². The van der Waals surface area contributed by atoms with Gasteiger partial charge in [-0.25, -0.2) is 87.8 Å². The molecule has 6 aromatic rings. The predicted molar refractivity (Wildman–Crippen MR) is 156 cm³/mol. The summed E-state index contributed by atoms with van der Waals surface area (Å²) in [4.78, 5) is 0. The molecular weight excluding hydrogens is 829 g/mol. The Morgan fingerprint density at radius 3 is 0.912 bits per heavy atom. The van der Waals surface area contributed by atoms with Crippen LogP contribution in [0.15, 0.2) is 47.7 Å². The van der Waals surface area contributed by atoms with Gasteiger partial charge in [-0.3, -0.25) is 0 Å². The third-order valence-corrected chi connectivity index (χ3v) is 8.51. The maximum atomic E-state index is 15.4. The van der Waals surface area contributed by atoms with Crippen molar-refractivity contribution in [2.24, 2.45) is 0 Å². The van der Waals surface area contributed by atoms with Crippen LogP contribution in [-0.4, -0.2) is 6.15 Å². The molecule has 0 aliphatic rings. The molecule has 0 aliphatic carbocycles. The van der Waals surface area contributed by atoms with Gasteiger partial charge in [-0.2, -0.15) is 4.57 Å². The maximum Gasteiger partial charge on any atom is 0.335 e. The molecule has 300 valence electrons. The Hall–Kier alpha value is -6.03. The molecule has 23 heteroatoms. The summed E-state index contributed by atoms with van der Waals surface area (Å²) in [5.41, 5.74) is -12.3. The topological polar surface area (TPSA) is 17.0 Å². The second kappa shape index (κ2) is 15.1. The van der Waals surface area contributed by atoms with E-state index in [1.807, 2.05) is 34.9 Å². The lowest BCUT2D eigenvalue weighted by molar-refractivity contribution is -0.665. The van der Waals surface area contributed by atoms with Crippen LogP contribution in [0, 0.1) is 116 Å². The normalized spacial score (nSPS) is 11.6. The van der Waals surface area contributed by atoms with Crippen LogP contribution in [0.1, 0.15) is 0 Å². The van der Waals surface area contributed by atoms with Gasteiger partial charge < -0.3 is 4.42 Å². The van der Waals surface area contributed by atoms with E-state index in [9.17, 15) is 52.7 Å². The monoisotopic (exact) mass is 839 g/mol. The lowest BCUT2D eigenvalue weighted by Gasteiger charge is -2.44. The Balaban J connectivity index is 0.000000436. The van der Waals surface area contributed by atoms with Crippen molar-refractivity contribution in [3.8, 4) is 0 Å². The van der Waals surface area contributed by atoms with Crippen LogP contribution in [0.25, 0.3) is 11.1 Å². The summed E-state index contributed by atoms with van der Waals surface area (Å²) >= 11 is 0. The molecule has 57 heavy (non-hydrogen) atoms. The zero-order valence-corrected chi connectivity index (χ0v) is 26.9. The zero-order chi connectivity index (χ0) is 42.7. The third-order valence-electron chi connectivity index (χ3n) is 8.51. The molecule has 0 radical (unpaired) electrons. The molecule has 0 aliphatic heterocycles. The number of fused-ring (bicyclic) bond motifs is 1. The number of nitrogens with zero attached hydrogens (tertiary/aromatic N) is 1. The maximum absolute atomic E-state index is 15.4. The third kappa shape index (κ3) is 6.13. The van der Waals surface area contributed by atoms with Crippen molar-refractivity contribution in [3.63, 3.8) is 0 Å². The second-order valence-electron chi connectivity index (χ2n) is 11.4. The molecule has 0 spiro atoms. The summed E-state index contributed by atoms with van der Waals surface area (Å²) < 4.78 is 301. The second-order valence-corrected chi connectivity index (χ2v) is 11.4. The molecule has 0 bridgehead atoms. The number of halogens is 20. The molecule has 0 N–H and O–H groups in total. The molecule has 1 aromatic heterocycles. The quantitative estimate of drug-likeness (QED) is 0.0419. The number of oxazole rings is 1. The summed E-state index contributed by atoms with van der Waals surface area (Å²) in [6.07, 6.45) is -3.65. The van der Waals surface area contributed by atoms with E-state index in [0.29, 0.717) is 0 Å². The molecule has 1 heterocycles. The summed E-state index contributed by atoms with van der Waals surface area (Å²) in [6, 6.07) is 7.94. The number of allylic oxidation sites excluding steroid dienone is 1. The number of hydrogen-bond donors (Lipinski definition) is 0.